The molecule has 0 fully saturated rings. The molecule has 1 rings (SSSR count). The molecular formula is C23H39NO12. The van der Waals surface area contributed by atoms with E-state index < -0.39 is 57.8 Å². The molecule has 0 aromatic carbocycles. The molecule has 1 heterocycles. The maximum Gasteiger partial charge on any atom is 0.253 e. The lowest BCUT2D eigenvalue weighted by molar-refractivity contribution is -0.240. The van der Waals surface area contributed by atoms with Crippen molar-refractivity contribution in [3.05, 3.63) is 12.2 Å². The summed E-state index contributed by atoms with van der Waals surface area (Å²) >= 11 is 0. The molecule has 1 aliphatic heterocycles. The van der Waals surface area contributed by atoms with Gasteiger partial charge in [-0.1, -0.05) is 6.42 Å². The van der Waals surface area contributed by atoms with E-state index in [-0.39, 0.29) is 37.2 Å². The van der Waals surface area contributed by atoms with Gasteiger partial charge in [-0.15, -0.1) is 0 Å². The van der Waals surface area contributed by atoms with Crippen LogP contribution in [0.2, 0.25) is 0 Å². The van der Waals surface area contributed by atoms with Crippen LogP contribution < -0.4 is 0 Å². The van der Waals surface area contributed by atoms with E-state index in [2.05, 4.69) is 0 Å². The summed E-state index contributed by atoms with van der Waals surface area (Å²) < 4.78 is 21.3. The normalized spacial score (nSPS) is 16.2. The second-order valence-corrected chi connectivity index (χ2v) is 8.11. The standard InChI is InChI=1S/C23H39NO12/c25-11-18(12-26)35-23(15-29)34-16-19(13-27)36-22(14-28)33-10-4-6-17(30)5-2-1-3-9-24-20(31)7-8-21(24)32/h7-8,18-19,22-23,25-29H,1-6,9-16H2. The number of amides is 2. The van der Waals surface area contributed by atoms with Crippen LogP contribution in [0.4, 0.5) is 0 Å². The first-order valence-corrected chi connectivity index (χ1v) is 12.0. The monoisotopic (exact) mass is 521 g/mol. The minimum Gasteiger partial charge on any atom is -0.394 e. The lowest BCUT2D eigenvalue weighted by atomic mass is 10.1. The number of hydrogen-bond acceptors (Lipinski definition) is 12. The second-order valence-electron chi connectivity index (χ2n) is 8.11. The lowest BCUT2D eigenvalue weighted by Gasteiger charge is -2.25. The predicted octanol–water partition coefficient (Wildman–Crippen LogP) is -1.76. The molecule has 13 heteroatoms. The van der Waals surface area contributed by atoms with Crippen LogP contribution in [0.25, 0.3) is 0 Å². The van der Waals surface area contributed by atoms with Gasteiger partial charge in [0.05, 0.1) is 46.2 Å². The van der Waals surface area contributed by atoms with E-state index in [9.17, 15) is 29.7 Å². The van der Waals surface area contributed by atoms with Crippen LogP contribution in [0, 0.1) is 0 Å². The molecule has 0 radical (unpaired) electrons. The van der Waals surface area contributed by atoms with E-state index in [1.165, 1.54) is 17.1 Å². The van der Waals surface area contributed by atoms with E-state index in [0.717, 1.165) is 0 Å². The van der Waals surface area contributed by atoms with Gasteiger partial charge in [0.1, 0.15) is 18.0 Å². The van der Waals surface area contributed by atoms with Crippen molar-refractivity contribution in [3.8, 4) is 0 Å². The van der Waals surface area contributed by atoms with E-state index in [0.29, 0.717) is 38.6 Å². The number of ether oxygens (including phenoxy) is 4. The van der Waals surface area contributed by atoms with Crippen LogP contribution in [0.15, 0.2) is 12.2 Å². The molecule has 0 bridgehead atoms. The first-order valence-electron chi connectivity index (χ1n) is 12.0. The van der Waals surface area contributed by atoms with Gasteiger partial charge in [0.15, 0.2) is 12.6 Å². The Morgan fingerprint density at radius 3 is 1.86 bits per heavy atom. The van der Waals surface area contributed by atoms with Gasteiger partial charge in [-0.2, -0.15) is 0 Å². The minimum atomic E-state index is -1.16. The summed E-state index contributed by atoms with van der Waals surface area (Å²) in [4.78, 5) is 36.1. The Kier molecular flexibility index (Phi) is 17.3. The van der Waals surface area contributed by atoms with Gasteiger partial charge in [-0.3, -0.25) is 19.3 Å². The Morgan fingerprint density at radius 1 is 0.722 bits per heavy atom. The summed E-state index contributed by atoms with van der Waals surface area (Å²) in [6.07, 6.45) is 1.49. The molecular weight excluding hydrogens is 482 g/mol. The molecule has 3 atom stereocenters. The van der Waals surface area contributed by atoms with Gasteiger partial charge in [0.2, 0.25) is 0 Å². The Labute approximate surface area is 210 Å². The highest BCUT2D eigenvalue weighted by Crippen LogP contribution is 2.10. The van der Waals surface area contributed by atoms with E-state index in [1.54, 1.807) is 0 Å². The molecule has 0 aromatic rings. The molecule has 0 spiro atoms. The van der Waals surface area contributed by atoms with Crippen molar-refractivity contribution in [2.75, 3.05) is 52.8 Å². The number of aliphatic hydroxyl groups excluding tert-OH is 5. The van der Waals surface area contributed by atoms with Gasteiger partial charge in [0, 0.05) is 31.5 Å². The quantitative estimate of drug-likeness (QED) is 0.0579. The molecule has 0 aliphatic carbocycles. The third kappa shape index (κ3) is 12.9. The van der Waals surface area contributed by atoms with E-state index in [1.807, 2.05) is 0 Å². The Morgan fingerprint density at radius 2 is 1.28 bits per heavy atom. The Hall–Kier alpha value is -1.81. The van der Waals surface area contributed by atoms with Crippen molar-refractivity contribution in [2.24, 2.45) is 0 Å². The fourth-order valence-corrected chi connectivity index (χ4v) is 3.22. The second kappa shape index (κ2) is 19.3. The smallest absolute Gasteiger partial charge is 0.253 e. The fraction of sp³-hybridized carbons (Fsp3) is 0.783. The number of aliphatic hydroxyl groups is 5. The van der Waals surface area contributed by atoms with E-state index in [4.69, 9.17) is 29.2 Å². The number of imide groups is 1. The van der Waals surface area contributed by atoms with Crippen molar-refractivity contribution in [1.82, 2.24) is 4.90 Å². The molecule has 0 saturated carbocycles. The van der Waals surface area contributed by atoms with Crippen molar-refractivity contribution >= 4 is 17.6 Å². The highest BCUT2D eigenvalue weighted by molar-refractivity contribution is 6.12. The average Bonchev–Trinajstić information content (AvgIpc) is 3.21. The van der Waals surface area contributed by atoms with Crippen molar-refractivity contribution in [3.63, 3.8) is 0 Å². The van der Waals surface area contributed by atoms with Gasteiger partial charge in [-0.05, 0) is 19.3 Å². The van der Waals surface area contributed by atoms with E-state index >= 15 is 0 Å². The molecule has 208 valence electrons. The highest BCUT2D eigenvalue weighted by atomic mass is 16.7. The SMILES string of the molecule is O=C(CCCCCN1C(=O)C=CC1=O)CCCOC(CO)OC(CO)COC(CO)OC(CO)CO. The Balaban J connectivity index is 2.18. The number of unbranched alkanes of at least 4 members (excludes halogenated alkanes) is 2. The number of rotatable bonds is 23. The third-order valence-corrected chi connectivity index (χ3v) is 5.21. The number of hydrogen-bond donors (Lipinski definition) is 5. The fourth-order valence-electron chi connectivity index (χ4n) is 3.22. The predicted molar refractivity (Wildman–Crippen MR) is 123 cm³/mol. The highest BCUT2D eigenvalue weighted by Gasteiger charge is 2.23. The number of carbonyl (C=O) groups excluding carboxylic acids is 3. The first-order chi connectivity index (χ1) is 17.4. The molecule has 36 heavy (non-hydrogen) atoms. The molecule has 0 aromatic heterocycles. The largest absolute Gasteiger partial charge is 0.394 e. The summed E-state index contributed by atoms with van der Waals surface area (Å²) in [6.45, 7) is -2.22. The van der Waals surface area contributed by atoms with Gasteiger partial charge in [0.25, 0.3) is 11.8 Å². The molecule has 1 aliphatic rings. The zero-order chi connectivity index (χ0) is 26.8. The summed E-state index contributed by atoms with van der Waals surface area (Å²) in [5, 5.41) is 46.2. The van der Waals surface area contributed by atoms with Crippen molar-refractivity contribution in [2.45, 2.75) is 63.3 Å². The number of ketones is 1. The summed E-state index contributed by atoms with van der Waals surface area (Å²) in [5.41, 5.74) is 0. The van der Waals surface area contributed by atoms with Crippen molar-refractivity contribution in [1.29, 1.82) is 0 Å². The zero-order valence-electron chi connectivity index (χ0n) is 20.4. The van der Waals surface area contributed by atoms with Crippen molar-refractivity contribution < 1.29 is 58.9 Å². The average molecular weight is 522 g/mol. The van der Waals surface area contributed by atoms with Crippen LogP contribution in [0.3, 0.4) is 0 Å². The summed E-state index contributed by atoms with van der Waals surface area (Å²) in [5.74, 6) is -0.566. The molecule has 2 amide bonds. The van der Waals surface area contributed by atoms with Gasteiger partial charge in [-0.25, -0.2) is 0 Å². The topological polar surface area (TPSA) is 193 Å². The molecule has 3 unspecified atom stereocenters. The van der Waals surface area contributed by atoms with Crippen LogP contribution >= 0.6 is 0 Å². The summed E-state index contributed by atoms with van der Waals surface area (Å²) in [6, 6.07) is 0. The summed E-state index contributed by atoms with van der Waals surface area (Å²) in [7, 11) is 0. The number of Topliss-reactive ketones (excluding diaryl/α,β-unsaturated/α-hetero) is 1. The lowest BCUT2D eigenvalue weighted by Crippen LogP contribution is -2.37. The third-order valence-electron chi connectivity index (χ3n) is 5.21. The molecule has 5 N–H and O–H groups in total. The zero-order valence-corrected chi connectivity index (χ0v) is 20.4. The van der Waals surface area contributed by atoms with Gasteiger partial charge >= 0.3 is 0 Å². The molecule has 0 saturated heterocycles. The number of nitrogens with zero attached hydrogens (tertiary/aromatic N) is 1. The van der Waals surface area contributed by atoms with Crippen LogP contribution in [0.5, 0.6) is 0 Å². The first kappa shape index (κ1) is 32.2. The molecule has 13 nitrogen and oxygen atoms in total. The Bertz CT molecular complexity index is 651. The maximum atomic E-state index is 12.0. The van der Waals surface area contributed by atoms with Crippen LogP contribution in [-0.2, 0) is 33.3 Å². The van der Waals surface area contributed by atoms with Crippen LogP contribution in [0.1, 0.15) is 38.5 Å². The van der Waals surface area contributed by atoms with Gasteiger partial charge < -0.3 is 44.5 Å². The number of carbonyl (C=O) groups is 3. The van der Waals surface area contributed by atoms with Crippen LogP contribution in [-0.4, -0.2) is 126 Å². The minimum absolute atomic E-state index is 0.0517. The maximum absolute atomic E-state index is 12.0.